The van der Waals surface area contributed by atoms with E-state index in [1.54, 1.807) is 24.3 Å². The second kappa shape index (κ2) is 6.18. The van der Waals surface area contributed by atoms with Crippen LogP contribution in [0, 0.1) is 0 Å². The second-order valence-electron chi connectivity index (χ2n) is 3.60. The summed E-state index contributed by atoms with van der Waals surface area (Å²) in [6.45, 7) is -0.0252. The molecular formula is C13H9Cl3OS. The van der Waals surface area contributed by atoms with Crippen molar-refractivity contribution in [2.75, 3.05) is 0 Å². The van der Waals surface area contributed by atoms with Gasteiger partial charge in [0.25, 0.3) is 0 Å². The topological polar surface area (TPSA) is 20.2 Å². The zero-order valence-electron chi connectivity index (χ0n) is 9.16. The molecule has 0 aliphatic rings. The quantitative estimate of drug-likeness (QED) is 0.829. The molecule has 2 aromatic carbocycles. The number of aliphatic hydroxyl groups is 1. The molecule has 0 fully saturated rings. The Hall–Kier alpha value is -0.380. The van der Waals surface area contributed by atoms with Crippen molar-refractivity contribution in [3.63, 3.8) is 0 Å². The lowest BCUT2D eigenvalue weighted by Gasteiger charge is -2.07. The molecule has 0 heterocycles. The minimum atomic E-state index is -0.0252. The van der Waals surface area contributed by atoms with E-state index >= 15 is 0 Å². The molecule has 1 N–H and O–H groups in total. The molecular weight excluding hydrogens is 311 g/mol. The van der Waals surface area contributed by atoms with Crippen molar-refractivity contribution in [1.29, 1.82) is 0 Å². The normalized spacial score (nSPS) is 10.7. The number of benzene rings is 2. The van der Waals surface area contributed by atoms with E-state index in [2.05, 4.69) is 0 Å². The summed E-state index contributed by atoms with van der Waals surface area (Å²) >= 11 is 19.6. The standard InChI is InChI=1S/C13H9Cl3OS/c14-9-2-3-10(15)13(6-9)18-12-4-1-8(7-17)5-11(12)16/h1-6,17H,7H2. The van der Waals surface area contributed by atoms with E-state index in [-0.39, 0.29) is 6.61 Å². The molecule has 0 amide bonds. The van der Waals surface area contributed by atoms with Crippen LogP contribution in [0.5, 0.6) is 0 Å². The van der Waals surface area contributed by atoms with Gasteiger partial charge in [0, 0.05) is 14.8 Å². The Morgan fingerprint density at radius 2 is 1.67 bits per heavy atom. The molecule has 2 aromatic rings. The van der Waals surface area contributed by atoms with E-state index in [0.29, 0.717) is 15.1 Å². The Labute approximate surface area is 125 Å². The minimum Gasteiger partial charge on any atom is -0.392 e. The Morgan fingerprint density at radius 3 is 2.33 bits per heavy atom. The van der Waals surface area contributed by atoms with Crippen LogP contribution in [0.1, 0.15) is 5.56 Å². The number of halogens is 3. The van der Waals surface area contributed by atoms with Gasteiger partial charge in [-0.05, 0) is 35.9 Å². The summed E-state index contributed by atoms with van der Waals surface area (Å²) in [5.41, 5.74) is 0.779. The van der Waals surface area contributed by atoms with Crippen molar-refractivity contribution in [2.45, 2.75) is 16.4 Å². The molecule has 0 bridgehead atoms. The van der Waals surface area contributed by atoms with Gasteiger partial charge in [0.15, 0.2) is 0 Å². The zero-order valence-corrected chi connectivity index (χ0v) is 12.2. The van der Waals surface area contributed by atoms with Crippen LogP contribution in [0.3, 0.4) is 0 Å². The van der Waals surface area contributed by atoms with Crippen LogP contribution in [0.15, 0.2) is 46.2 Å². The largest absolute Gasteiger partial charge is 0.392 e. The van der Waals surface area contributed by atoms with Crippen LogP contribution >= 0.6 is 46.6 Å². The molecule has 2 rings (SSSR count). The number of aliphatic hydroxyl groups excluding tert-OH is 1. The lowest BCUT2D eigenvalue weighted by Crippen LogP contribution is -1.84. The molecule has 0 atom stereocenters. The predicted octanol–water partition coefficient (Wildman–Crippen LogP) is 5.29. The monoisotopic (exact) mass is 318 g/mol. The first-order valence-corrected chi connectivity index (χ1v) is 7.07. The summed E-state index contributed by atoms with van der Waals surface area (Å²) in [6, 6.07) is 10.7. The molecule has 0 spiro atoms. The van der Waals surface area contributed by atoms with Gasteiger partial charge in [0.2, 0.25) is 0 Å². The fourth-order valence-corrected chi connectivity index (χ4v) is 3.07. The van der Waals surface area contributed by atoms with Gasteiger partial charge in [-0.3, -0.25) is 0 Å². The molecule has 0 aliphatic heterocycles. The van der Waals surface area contributed by atoms with Gasteiger partial charge in [0.1, 0.15) is 0 Å². The number of hydrogen-bond donors (Lipinski definition) is 1. The molecule has 0 unspecified atom stereocenters. The minimum absolute atomic E-state index is 0.0252. The first-order valence-electron chi connectivity index (χ1n) is 5.12. The third-order valence-corrected chi connectivity index (χ3v) is 4.53. The second-order valence-corrected chi connectivity index (χ2v) is 5.93. The highest BCUT2D eigenvalue weighted by molar-refractivity contribution is 7.99. The van der Waals surface area contributed by atoms with Crippen LogP contribution in [0.4, 0.5) is 0 Å². The Balaban J connectivity index is 2.31. The van der Waals surface area contributed by atoms with Crippen molar-refractivity contribution in [3.8, 4) is 0 Å². The summed E-state index contributed by atoms with van der Waals surface area (Å²) in [6.07, 6.45) is 0. The van der Waals surface area contributed by atoms with Gasteiger partial charge in [-0.15, -0.1) is 0 Å². The lowest BCUT2D eigenvalue weighted by molar-refractivity contribution is 0.282. The Kier molecular flexibility index (Phi) is 4.82. The summed E-state index contributed by atoms with van der Waals surface area (Å²) in [7, 11) is 0. The molecule has 5 heteroatoms. The molecule has 1 nitrogen and oxygen atoms in total. The first kappa shape index (κ1) is 14.0. The number of rotatable bonds is 3. The van der Waals surface area contributed by atoms with Crippen LogP contribution in [-0.2, 0) is 6.61 Å². The first-order chi connectivity index (χ1) is 8.60. The van der Waals surface area contributed by atoms with E-state index in [1.165, 1.54) is 11.8 Å². The van der Waals surface area contributed by atoms with Gasteiger partial charge in [-0.25, -0.2) is 0 Å². The lowest BCUT2D eigenvalue weighted by atomic mass is 10.2. The van der Waals surface area contributed by atoms with Gasteiger partial charge in [-0.2, -0.15) is 0 Å². The maximum Gasteiger partial charge on any atom is 0.0682 e. The molecule has 18 heavy (non-hydrogen) atoms. The highest BCUT2D eigenvalue weighted by Crippen LogP contribution is 2.38. The Morgan fingerprint density at radius 1 is 0.889 bits per heavy atom. The maximum atomic E-state index is 9.02. The third-order valence-electron chi connectivity index (χ3n) is 2.29. The van der Waals surface area contributed by atoms with Crippen molar-refractivity contribution in [1.82, 2.24) is 0 Å². The van der Waals surface area contributed by atoms with Gasteiger partial charge >= 0.3 is 0 Å². The molecule has 0 saturated heterocycles. The van der Waals surface area contributed by atoms with Crippen LogP contribution < -0.4 is 0 Å². The highest BCUT2D eigenvalue weighted by atomic mass is 35.5. The summed E-state index contributed by atoms with van der Waals surface area (Å²) in [4.78, 5) is 1.72. The van der Waals surface area contributed by atoms with Crippen LogP contribution in [0.2, 0.25) is 15.1 Å². The fraction of sp³-hybridized carbons (Fsp3) is 0.0769. The highest BCUT2D eigenvalue weighted by Gasteiger charge is 2.07. The van der Waals surface area contributed by atoms with E-state index in [9.17, 15) is 0 Å². The summed E-state index contributed by atoms with van der Waals surface area (Å²) < 4.78 is 0. The third kappa shape index (κ3) is 3.34. The average Bonchev–Trinajstić information content (AvgIpc) is 2.36. The summed E-state index contributed by atoms with van der Waals surface area (Å²) in [5.74, 6) is 0. The van der Waals surface area contributed by atoms with Crippen LogP contribution in [-0.4, -0.2) is 5.11 Å². The van der Waals surface area contributed by atoms with Crippen molar-refractivity contribution < 1.29 is 5.11 Å². The maximum absolute atomic E-state index is 9.02. The van der Waals surface area contributed by atoms with E-state index < -0.39 is 0 Å². The molecule has 0 aliphatic carbocycles. The van der Waals surface area contributed by atoms with Gasteiger partial charge in [0.05, 0.1) is 16.7 Å². The van der Waals surface area contributed by atoms with E-state index in [4.69, 9.17) is 39.9 Å². The smallest absolute Gasteiger partial charge is 0.0682 e. The number of hydrogen-bond acceptors (Lipinski definition) is 2. The Bertz CT molecular complexity index is 572. The molecule has 0 saturated carbocycles. The predicted molar refractivity (Wildman–Crippen MR) is 78.0 cm³/mol. The van der Waals surface area contributed by atoms with Gasteiger partial charge in [-0.1, -0.05) is 52.6 Å². The molecule has 0 radical (unpaired) electrons. The zero-order chi connectivity index (χ0) is 13.1. The van der Waals surface area contributed by atoms with Crippen molar-refractivity contribution in [2.24, 2.45) is 0 Å². The van der Waals surface area contributed by atoms with E-state index in [1.807, 2.05) is 12.1 Å². The fourth-order valence-electron chi connectivity index (χ4n) is 1.40. The molecule has 94 valence electrons. The summed E-state index contributed by atoms with van der Waals surface area (Å²) in [5, 5.41) is 10.9. The van der Waals surface area contributed by atoms with Gasteiger partial charge < -0.3 is 5.11 Å². The molecule has 0 aromatic heterocycles. The SMILES string of the molecule is OCc1ccc(Sc2cc(Cl)ccc2Cl)c(Cl)c1. The van der Waals surface area contributed by atoms with Crippen LogP contribution in [0.25, 0.3) is 0 Å². The van der Waals surface area contributed by atoms with E-state index in [0.717, 1.165) is 15.4 Å². The van der Waals surface area contributed by atoms with Crippen molar-refractivity contribution >= 4 is 46.6 Å². The average molecular weight is 320 g/mol. The van der Waals surface area contributed by atoms with Crippen molar-refractivity contribution in [3.05, 3.63) is 57.0 Å².